The maximum Gasteiger partial charge on any atom is 0.246 e. The zero-order valence-corrected chi connectivity index (χ0v) is 20.3. The molecule has 5 N–H and O–H groups in total. The van der Waals surface area contributed by atoms with Crippen molar-refractivity contribution < 1.29 is 24.6 Å². The molecule has 0 saturated carbocycles. The maximum atomic E-state index is 12.4. The Labute approximate surface area is 191 Å². The maximum absolute atomic E-state index is 12.4. The highest BCUT2D eigenvalue weighted by Gasteiger charge is 2.23. The predicted molar refractivity (Wildman–Crippen MR) is 127 cm³/mol. The van der Waals surface area contributed by atoms with Crippen LogP contribution < -0.4 is 16.0 Å². The molecule has 0 bridgehead atoms. The Bertz CT molecular complexity index is 751. The Morgan fingerprint density at radius 2 is 1.52 bits per heavy atom. The molecule has 174 valence electrons. The van der Waals surface area contributed by atoms with E-state index in [-0.39, 0.29) is 23.9 Å². The van der Waals surface area contributed by atoms with Crippen LogP contribution >= 0.6 is 21.6 Å². The van der Waals surface area contributed by atoms with E-state index >= 15 is 0 Å². The van der Waals surface area contributed by atoms with Crippen LogP contribution in [-0.2, 0) is 27.6 Å². The van der Waals surface area contributed by atoms with Gasteiger partial charge in [-0.25, -0.2) is 0 Å². The van der Waals surface area contributed by atoms with Crippen LogP contribution in [0.25, 0.3) is 0 Å². The SMILES string of the molecule is CSSC(C)(C)CCC(=O)N[C@@H](C)C(=O)N[C@@H](C)C(=O)Nc1cc(CO)cc(CO)c1. The molecular formula is C21H33N3O5S2. The lowest BCUT2D eigenvalue weighted by Crippen LogP contribution is -2.50. The number of anilines is 1. The van der Waals surface area contributed by atoms with Crippen LogP contribution in [0.1, 0.15) is 51.7 Å². The summed E-state index contributed by atoms with van der Waals surface area (Å²) >= 11 is 0. The monoisotopic (exact) mass is 471 g/mol. The molecule has 0 fully saturated rings. The Morgan fingerprint density at radius 1 is 0.968 bits per heavy atom. The fourth-order valence-corrected chi connectivity index (χ4v) is 4.97. The number of hydrogen-bond donors (Lipinski definition) is 5. The number of benzene rings is 1. The highest BCUT2D eigenvalue weighted by Crippen LogP contribution is 2.36. The van der Waals surface area contributed by atoms with E-state index in [4.69, 9.17) is 0 Å². The molecule has 31 heavy (non-hydrogen) atoms. The molecule has 2 atom stereocenters. The number of nitrogens with one attached hydrogen (secondary N) is 3. The van der Waals surface area contributed by atoms with Crippen molar-refractivity contribution in [2.24, 2.45) is 0 Å². The van der Waals surface area contributed by atoms with Crippen LogP contribution in [0, 0.1) is 0 Å². The average molecular weight is 472 g/mol. The third-order valence-corrected chi connectivity index (χ3v) is 7.15. The van der Waals surface area contributed by atoms with Crippen molar-refractivity contribution in [2.75, 3.05) is 11.6 Å². The normalized spacial score (nSPS) is 13.3. The number of hydrogen-bond acceptors (Lipinski definition) is 7. The molecule has 0 aliphatic rings. The van der Waals surface area contributed by atoms with Crippen molar-refractivity contribution in [1.29, 1.82) is 0 Å². The van der Waals surface area contributed by atoms with Crippen LogP contribution in [0.2, 0.25) is 0 Å². The van der Waals surface area contributed by atoms with E-state index < -0.39 is 23.9 Å². The van der Waals surface area contributed by atoms with Crippen LogP contribution in [0.3, 0.4) is 0 Å². The van der Waals surface area contributed by atoms with Crippen LogP contribution in [-0.4, -0.2) is 51.0 Å². The lowest BCUT2D eigenvalue weighted by Gasteiger charge is -2.23. The van der Waals surface area contributed by atoms with Crippen LogP contribution in [0.5, 0.6) is 0 Å². The van der Waals surface area contributed by atoms with Crippen molar-refractivity contribution >= 4 is 45.0 Å². The van der Waals surface area contributed by atoms with Gasteiger partial charge in [0, 0.05) is 16.9 Å². The molecule has 8 nitrogen and oxygen atoms in total. The molecule has 1 rings (SSSR count). The van der Waals surface area contributed by atoms with Crippen molar-refractivity contribution in [2.45, 2.75) is 70.6 Å². The zero-order valence-electron chi connectivity index (χ0n) is 18.7. The molecule has 0 unspecified atom stereocenters. The minimum atomic E-state index is -0.848. The third-order valence-electron chi connectivity index (χ3n) is 4.47. The summed E-state index contributed by atoms with van der Waals surface area (Å²) in [4.78, 5) is 37.0. The Kier molecular flexibility index (Phi) is 11.4. The molecule has 3 amide bonds. The number of rotatable bonds is 12. The lowest BCUT2D eigenvalue weighted by molar-refractivity contribution is -0.130. The van der Waals surface area contributed by atoms with Gasteiger partial charge in [-0.1, -0.05) is 27.7 Å². The fraction of sp³-hybridized carbons (Fsp3) is 0.571. The van der Waals surface area contributed by atoms with E-state index in [9.17, 15) is 24.6 Å². The van der Waals surface area contributed by atoms with Crippen molar-refractivity contribution in [1.82, 2.24) is 10.6 Å². The van der Waals surface area contributed by atoms with Gasteiger partial charge >= 0.3 is 0 Å². The van der Waals surface area contributed by atoms with E-state index in [0.29, 0.717) is 29.7 Å². The van der Waals surface area contributed by atoms with Gasteiger partial charge in [-0.05, 0) is 63.6 Å². The minimum Gasteiger partial charge on any atom is -0.392 e. The molecule has 0 heterocycles. The zero-order chi connectivity index (χ0) is 23.6. The van der Waals surface area contributed by atoms with Gasteiger partial charge in [0.1, 0.15) is 12.1 Å². The molecular weight excluding hydrogens is 438 g/mol. The van der Waals surface area contributed by atoms with E-state index in [0.717, 1.165) is 0 Å². The van der Waals surface area contributed by atoms with Crippen molar-refractivity contribution in [3.8, 4) is 0 Å². The molecule has 1 aromatic rings. The molecule has 0 saturated heterocycles. The first-order chi connectivity index (χ1) is 14.5. The van der Waals surface area contributed by atoms with Gasteiger partial charge in [-0.2, -0.15) is 0 Å². The fourth-order valence-electron chi connectivity index (χ4n) is 2.73. The van der Waals surface area contributed by atoms with Crippen molar-refractivity contribution in [3.05, 3.63) is 29.3 Å². The van der Waals surface area contributed by atoms with E-state index in [2.05, 4.69) is 29.8 Å². The number of carbonyl (C=O) groups excluding carboxylic acids is 3. The lowest BCUT2D eigenvalue weighted by atomic mass is 10.1. The smallest absolute Gasteiger partial charge is 0.246 e. The first kappa shape index (κ1) is 27.3. The van der Waals surface area contributed by atoms with Crippen molar-refractivity contribution in [3.63, 3.8) is 0 Å². The van der Waals surface area contributed by atoms with Gasteiger partial charge in [0.25, 0.3) is 0 Å². The molecule has 1 aromatic carbocycles. The first-order valence-corrected chi connectivity index (χ1v) is 12.5. The standard InChI is InChI=1S/C21H33N3O5S2/c1-13(22-18(27)6-7-21(3,4)31-30-5)19(28)23-14(2)20(29)24-17-9-15(11-25)8-16(10-17)12-26/h8-10,13-14,25-26H,6-7,11-12H2,1-5H3,(H,22,27)(H,23,28)(H,24,29)/t13-,14-/m0/s1. The summed E-state index contributed by atoms with van der Waals surface area (Å²) in [6, 6.07) is 3.18. The summed E-state index contributed by atoms with van der Waals surface area (Å²) in [6.45, 7) is 6.78. The Morgan fingerprint density at radius 3 is 2.03 bits per heavy atom. The van der Waals surface area contributed by atoms with E-state index in [1.807, 2.05) is 6.26 Å². The first-order valence-electron chi connectivity index (χ1n) is 9.98. The highest BCUT2D eigenvalue weighted by molar-refractivity contribution is 8.76. The summed E-state index contributed by atoms with van der Waals surface area (Å²) in [5, 5.41) is 26.5. The van der Waals surface area contributed by atoms with Crippen LogP contribution in [0.4, 0.5) is 5.69 Å². The van der Waals surface area contributed by atoms with E-state index in [1.54, 1.807) is 46.7 Å². The van der Waals surface area contributed by atoms with Gasteiger partial charge in [0.05, 0.1) is 13.2 Å². The molecule has 0 aliphatic carbocycles. The van der Waals surface area contributed by atoms with Gasteiger partial charge in [-0.15, -0.1) is 0 Å². The second-order valence-corrected chi connectivity index (χ2v) is 11.0. The second kappa shape index (κ2) is 12.9. The Hall–Kier alpha value is -1.75. The van der Waals surface area contributed by atoms with Crippen LogP contribution in [0.15, 0.2) is 18.2 Å². The summed E-state index contributed by atoms with van der Waals surface area (Å²) in [7, 11) is 3.35. The topological polar surface area (TPSA) is 128 Å². The largest absolute Gasteiger partial charge is 0.392 e. The summed E-state index contributed by atoms with van der Waals surface area (Å²) in [5.41, 5.74) is 1.51. The number of amides is 3. The molecule has 10 heteroatoms. The highest BCUT2D eigenvalue weighted by atomic mass is 33.1. The van der Waals surface area contributed by atoms with Gasteiger partial charge < -0.3 is 26.2 Å². The minimum absolute atomic E-state index is 0.0436. The predicted octanol–water partition coefficient (Wildman–Crippen LogP) is 2.19. The summed E-state index contributed by atoms with van der Waals surface area (Å²) in [6.07, 6.45) is 2.98. The molecule has 0 aliphatic heterocycles. The van der Waals surface area contributed by atoms with E-state index in [1.165, 1.54) is 6.92 Å². The Balaban J connectivity index is 2.56. The second-order valence-electron chi connectivity index (χ2n) is 7.87. The molecule has 0 aromatic heterocycles. The summed E-state index contributed by atoms with van der Waals surface area (Å²) < 4.78 is -0.0436. The number of aliphatic hydroxyl groups is 2. The third kappa shape index (κ3) is 9.94. The van der Waals surface area contributed by atoms with Gasteiger partial charge in [0.2, 0.25) is 17.7 Å². The van der Waals surface area contributed by atoms with Gasteiger partial charge in [-0.3, -0.25) is 14.4 Å². The quantitative estimate of drug-likeness (QED) is 0.296. The summed E-state index contributed by atoms with van der Waals surface area (Å²) in [5.74, 6) is -1.14. The average Bonchev–Trinajstić information content (AvgIpc) is 2.71. The van der Waals surface area contributed by atoms with Gasteiger partial charge in [0.15, 0.2) is 0 Å². The number of carbonyl (C=O) groups is 3. The number of aliphatic hydroxyl groups excluding tert-OH is 2. The molecule has 0 radical (unpaired) electrons. The molecule has 0 spiro atoms.